The SMILES string of the molecule is Nc1c(-c2cccnc2)n[nH]c1-c1ccccc1. The first-order valence-corrected chi connectivity index (χ1v) is 5.66. The average Bonchev–Trinajstić information content (AvgIpc) is 2.83. The molecule has 0 fully saturated rings. The Morgan fingerprint density at radius 2 is 1.72 bits per heavy atom. The van der Waals surface area contributed by atoms with E-state index < -0.39 is 0 Å². The Bertz CT molecular complexity index is 587. The number of H-pyrrole nitrogens is 1. The highest BCUT2D eigenvalue weighted by Crippen LogP contribution is 2.31. The first-order chi connectivity index (χ1) is 8.86. The molecule has 2 heterocycles. The Kier molecular flexibility index (Phi) is 2.53. The summed E-state index contributed by atoms with van der Waals surface area (Å²) in [5, 5.41) is 7.26. The van der Waals surface area contributed by atoms with E-state index in [1.807, 2.05) is 42.5 Å². The van der Waals surface area contributed by atoms with Crippen LogP contribution in [-0.2, 0) is 0 Å². The number of benzene rings is 1. The fourth-order valence-corrected chi connectivity index (χ4v) is 1.90. The fourth-order valence-electron chi connectivity index (χ4n) is 1.90. The quantitative estimate of drug-likeness (QED) is 0.718. The molecule has 4 nitrogen and oxygen atoms in total. The second-order valence-corrected chi connectivity index (χ2v) is 3.97. The van der Waals surface area contributed by atoms with Gasteiger partial charge in [0.2, 0.25) is 0 Å². The first-order valence-electron chi connectivity index (χ1n) is 5.66. The molecule has 0 radical (unpaired) electrons. The molecule has 0 bridgehead atoms. The molecular weight excluding hydrogens is 224 g/mol. The monoisotopic (exact) mass is 236 g/mol. The Morgan fingerprint density at radius 1 is 0.944 bits per heavy atom. The molecule has 2 aromatic heterocycles. The summed E-state index contributed by atoms with van der Waals surface area (Å²) < 4.78 is 0. The number of aromatic nitrogens is 3. The lowest BCUT2D eigenvalue weighted by atomic mass is 10.1. The van der Waals surface area contributed by atoms with E-state index in [1.54, 1.807) is 12.4 Å². The van der Waals surface area contributed by atoms with Crippen LogP contribution in [0.4, 0.5) is 5.69 Å². The highest BCUT2D eigenvalue weighted by molar-refractivity contribution is 5.84. The number of anilines is 1. The van der Waals surface area contributed by atoms with Crippen molar-refractivity contribution in [3.63, 3.8) is 0 Å². The number of hydrogen-bond acceptors (Lipinski definition) is 3. The van der Waals surface area contributed by atoms with Crippen molar-refractivity contribution in [2.75, 3.05) is 5.73 Å². The normalized spacial score (nSPS) is 10.4. The second-order valence-electron chi connectivity index (χ2n) is 3.97. The predicted octanol–water partition coefficient (Wildman–Crippen LogP) is 2.72. The number of hydrogen-bond donors (Lipinski definition) is 2. The molecule has 4 heteroatoms. The molecule has 0 unspecified atom stereocenters. The van der Waals surface area contributed by atoms with Crippen LogP contribution in [0, 0.1) is 0 Å². The van der Waals surface area contributed by atoms with Crippen molar-refractivity contribution < 1.29 is 0 Å². The number of nitrogens with one attached hydrogen (secondary N) is 1. The van der Waals surface area contributed by atoms with Gasteiger partial charge in [-0.3, -0.25) is 10.1 Å². The van der Waals surface area contributed by atoms with Crippen molar-refractivity contribution in [1.29, 1.82) is 0 Å². The summed E-state index contributed by atoms with van der Waals surface area (Å²) in [5.74, 6) is 0. The van der Waals surface area contributed by atoms with E-state index in [2.05, 4.69) is 15.2 Å². The molecule has 88 valence electrons. The average molecular weight is 236 g/mol. The minimum atomic E-state index is 0.647. The molecule has 0 spiro atoms. The lowest BCUT2D eigenvalue weighted by Crippen LogP contribution is -1.89. The maximum atomic E-state index is 6.15. The maximum Gasteiger partial charge on any atom is 0.117 e. The van der Waals surface area contributed by atoms with Crippen LogP contribution < -0.4 is 5.73 Å². The summed E-state index contributed by atoms with van der Waals surface area (Å²) >= 11 is 0. The molecule has 0 atom stereocenters. The van der Waals surface area contributed by atoms with Crippen molar-refractivity contribution in [2.45, 2.75) is 0 Å². The number of aromatic amines is 1. The van der Waals surface area contributed by atoms with Gasteiger partial charge < -0.3 is 5.73 Å². The van der Waals surface area contributed by atoms with Crippen LogP contribution in [0.15, 0.2) is 54.9 Å². The number of nitrogens with two attached hydrogens (primary N) is 1. The van der Waals surface area contributed by atoms with Crippen LogP contribution in [0.25, 0.3) is 22.5 Å². The molecule has 0 saturated carbocycles. The topological polar surface area (TPSA) is 67.6 Å². The third kappa shape index (κ3) is 1.73. The third-order valence-electron chi connectivity index (χ3n) is 2.80. The Morgan fingerprint density at radius 3 is 2.44 bits per heavy atom. The number of nitrogen functional groups attached to an aromatic ring is 1. The molecule has 0 saturated heterocycles. The summed E-state index contributed by atoms with van der Waals surface area (Å²) in [6, 6.07) is 13.7. The summed E-state index contributed by atoms with van der Waals surface area (Å²) in [6.07, 6.45) is 3.48. The molecule has 0 aliphatic rings. The van der Waals surface area contributed by atoms with E-state index in [4.69, 9.17) is 5.73 Å². The first kappa shape index (κ1) is 10.5. The number of rotatable bonds is 2. The summed E-state index contributed by atoms with van der Waals surface area (Å²) in [4.78, 5) is 4.07. The van der Waals surface area contributed by atoms with Crippen LogP contribution in [0.5, 0.6) is 0 Å². The minimum absolute atomic E-state index is 0.647. The minimum Gasteiger partial charge on any atom is -0.395 e. The van der Waals surface area contributed by atoms with E-state index in [-0.39, 0.29) is 0 Å². The molecule has 0 amide bonds. The van der Waals surface area contributed by atoms with Gasteiger partial charge in [0.15, 0.2) is 0 Å². The smallest absolute Gasteiger partial charge is 0.117 e. The van der Waals surface area contributed by atoms with E-state index in [0.29, 0.717) is 5.69 Å². The van der Waals surface area contributed by atoms with Gasteiger partial charge in [-0.2, -0.15) is 5.10 Å². The zero-order valence-electron chi connectivity index (χ0n) is 9.67. The Hall–Kier alpha value is -2.62. The summed E-state index contributed by atoms with van der Waals surface area (Å²) in [5.41, 5.74) is 10.3. The fraction of sp³-hybridized carbons (Fsp3) is 0. The van der Waals surface area contributed by atoms with Crippen molar-refractivity contribution in [2.24, 2.45) is 0 Å². The van der Waals surface area contributed by atoms with Gasteiger partial charge in [0.05, 0.1) is 11.4 Å². The van der Waals surface area contributed by atoms with Crippen LogP contribution >= 0.6 is 0 Å². The van der Waals surface area contributed by atoms with Gasteiger partial charge in [-0.05, 0) is 12.1 Å². The third-order valence-corrected chi connectivity index (χ3v) is 2.80. The molecule has 0 aliphatic carbocycles. The molecule has 3 aromatic rings. The van der Waals surface area contributed by atoms with Crippen molar-refractivity contribution in [1.82, 2.24) is 15.2 Å². The van der Waals surface area contributed by atoms with Crippen LogP contribution in [0.1, 0.15) is 0 Å². The predicted molar refractivity (Wildman–Crippen MR) is 71.7 cm³/mol. The van der Waals surface area contributed by atoms with Crippen LogP contribution in [-0.4, -0.2) is 15.2 Å². The highest BCUT2D eigenvalue weighted by Gasteiger charge is 2.12. The van der Waals surface area contributed by atoms with Crippen LogP contribution in [0.3, 0.4) is 0 Å². The molecule has 18 heavy (non-hydrogen) atoms. The second kappa shape index (κ2) is 4.33. The van der Waals surface area contributed by atoms with Gasteiger partial charge in [-0.15, -0.1) is 0 Å². The maximum absolute atomic E-state index is 6.15. The van der Waals surface area contributed by atoms with Gasteiger partial charge in [0.1, 0.15) is 5.69 Å². The summed E-state index contributed by atoms with van der Waals surface area (Å²) in [7, 11) is 0. The molecule has 3 rings (SSSR count). The van der Waals surface area contributed by atoms with Gasteiger partial charge in [0, 0.05) is 23.5 Å². The van der Waals surface area contributed by atoms with Crippen molar-refractivity contribution in [3.8, 4) is 22.5 Å². The van der Waals surface area contributed by atoms with Gasteiger partial charge in [0.25, 0.3) is 0 Å². The summed E-state index contributed by atoms with van der Waals surface area (Å²) in [6.45, 7) is 0. The Labute approximate surface area is 105 Å². The zero-order valence-corrected chi connectivity index (χ0v) is 9.67. The number of nitrogens with zero attached hydrogens (tertiary/aromatic N) is 2. The largest absolute Gasteiger partial charge is 0.395 e. The molecule has 3 N–H and O–H groups in total. The molecule has 1 aromatic carbocycles. The van der Waals surface area contributed by atoms with Gasteiger partial charge in [-0.1, -0.05) is 30.3 Å². The molecular formula is C14H12N4. The van der Waals surface area contributed by atoms with E-state index >= 15 is 0 Å². The standard InChI is InChI=1S/C14H12N4/c15-12-13(10-5-2-1-3-6-10)17-18-14(12)11-7-4-8-16-9-11/h1-9H,15H2,(H,17,18). The van der Waals surface area contributed by atoms with E-state index in [0.717, 1.165) is 22.5 Å². The molecule has 0 aliphatic heterocycles. The van der Waals surface area contributed by atoms with E-state index in [9.17, 15) is 0 Å². The lowest BCUT2D eigenvalue weighted by molar-refractivity contribution is 1.10. The van der Waals surface area contributed by atoms with Gasteiger partial charge >= 0.3 is 0 Å². The zero-order chi connectivity index (χ0) is 12.4. The highest BCUT2D eigenvalue weighted by atomic mass is 15.1. The van der Waals surface area contributed by atoms with Crippen LogP contribution in [0.2, 0.25) is 0 Å². The number of pyridine rings is 1. The van der Waals surface area contributed by atoms with Crippen molar-refractivity contribution in [3.05, 3.63) is 54.9 Å². The van der Waals surface area contributed by atoms with E-state index in [1.165, 1.54) is 0 Å². The lowest BCUT2D eigenvalue weighted by Gasteiger charge is -2.00. The van der Waals surface area contributed by atoms with Crippen molar-refractivity contribution >= 4 is 5.69 Å². The van der Waals surface area contributed by atoms with Gasteiger partial charge in [-0.25, -0.2) is 0 Å². The Balaban J connectivity index is 2.09.